The molecule has 26 heavy (non-hydrogen) atoms. The van der Waals surface area contributed by atoms with Crippen LogP contribution in [0.2, 0.25) is 0 Å². The van der Waals surface area contributed by atoms with Gasteiger partial charge in [-0.2, -0.15) is 0 Å². The molecule has 0 fully saturated rings. The van der Waals surface area contributed by atoms with Gasteiger partial charge in [0.25, 0.3) is 0 Å². The van der Waals surface area contributed by atoms with Crippen LogP contribution >= 0.6 is 0 Å². The van der Waals surface area contributed by atoms with Crippen LogP contribution < -0.4 is 5.32 Å². The summed E-state index contributed by atoms with van der Waals surface area (Å²) in [6, 6.07) is 12.3. The Balaban J connectivity index is 1.84. The zero-order valence-electron chi connectivity index (χ0n) is 14.6. The van der Waals surface area contributed by atoms with Crippen molar-refractivity contribution in [1.82, 2.24) is 9.97 Å². The number of benzene rings is 1. The van der Waals surface area contributed by atoms with Gasteiger partial charge in [-0.3, -0.25) is 14.8 Å². The molecule has 3 aromatic rings. The standard InChI is InChI=1S/C22H19N3O/c1-13-7-8-15-16(24-13)9-10-18-21(15)20(14-4-3-11-23-12-14)22-17(25-18)5-2-6-19(22)26/h3-4,7-12,20,25H,2,5-6H2,1H3/t20-/m0/s1. The molecule has 3 heterocycles. The minimum absolute atomic E-state index is 0.0871. The lowest BCUT2D eigenvalue weighted by Gasteiger charge is -2.34. The topological polar surface area (TPSA) is 54.9 Å². The second-order valence-corrected chi connectivity index (χ2v) is 7.06. The Kier molecular flexibility index (Phi) is 3.38. The molecule has 2 aromatic heterocycles. The summed E-state index contributed by atoms with van der Waals surface area (Å²) in [5.41, 5.74) is 7.21. The monoisotopic (exact) mass is 341 g/mol. The summed E-state index contributed by atoms with van der Waals surface area (Å²) in [5.74, 6) is 0.159. The van der Waals surface area contributed by atoms with Gasteiger partial charge in [0.15, 0.2) is 5.78 Å². The number of fused-ring (bicyclic) bond motifs is 3. The summed E-state index contributed by atoms with van der Waals surface area (Å²) in [6.45, 7) is 2.00. The molecule has 0 saturated carbocycles. The van der Waals surface area contributed by atoms with E-state index in [0.29, 0.717) is 6.42 Å². The predicted molar refractivity (Wildman–Crippen MR) is 102 cm³/mol. The van der Waals surface area contributed by atoms with Gasteiger partial charge in [0.1, 0.15) is 0 Å². The molecule has 0 unspecified atom stereocenters. The molecule has 1 atom stereocenters. The first-order valence-corrected chi connectivity index (χ1v) is 9.06. The van der Waals surface area contributed by atoms with E-state index in [1.807, 2.05) is 25.3 Å². The molecule has 4 heteroatoms. The predicted octanol–water partition coefficient (Wildman–Crippen LogP) is 4.50. The molecule has 1 aliphatic carbocycles. The highest BCUT2D eigenvalue weighted by Gasteiger charge is 2.36. The third-order valence-electron chi connectivity index (χ3n) is 5.39. The van der Waals surface area contributed by atoms with Crippen LogP contribution in [0.1, 0.15) is 42.0 Å². The van der Waals surface area contributed by atoms with E-state index in [9.17, 15) is 4.79 Å². The van der Waals surface area contributed by atoms with Crippen LogP contribution in [0.5, 0.6) is 0 Å². The van der Waals surface area contributed by atoms with Crippen molar-refractivity contribution >= 4 is 22.4 Å². The summed E-state index contributed by atoms with van der Waals surface area (Å²) < 4.78 is 0. The van der Waals surface area contributed by atoms with Crippen LogP contribution in [0.15, 0.2) is 60.1 Å². The number of nitrogens with zero attached hydrogens (tertiary/aromatic N) is 2. The van der Waals surface area contributed by atoms with Gasteiger partial charge >= 0.3 is 0 Å². The van der Waals surface area contributed by atoms with Gasteiger partial charge in [0.05, 0.1) is 5.52 Å². The fourth-order valence-electron chi connectivity index (χ4n) is 4.26. The highest BCUT2D eigenvalue weighted by molar-refractivity contribution is 6.03. The maximum atomic E-state index is 12.9. The van der Waals surface area contributed by atoms with E-state index in [1.165, 1.54) is 0 Å². The number of aryl methyl sites for hydroxylation is 1. The first-order valence-electron chi connectivity index (χ1n) is 9.06. The van der Waals surface area contributed by atoms with Gasteiger partial charge in [0, 0.05) is 52.8 Å². The van der Waals surface area contributed by atoms with Crippen LogP contribution in [0.25, 0.3) is 10.9 Å². The largest absolute Gasteiger partial charge is 0.358 e. The minimum atomic E-state index is -0.0871. The second-order valence-electron chi connectivity index (χ2n) is 7.06. The number of hydrogen-bond acceptors (Lipinski definition) is 4. The summed E-state index contributed by atoms with van der Waals surface area (Å²) in [6.07, 6.45) is 6.11. The molecule has 4 nitrogen and oxygen atoms in total. The lowest BCUT2D eigenvalue weighted by molar-refractivity contribution is -0.116. The van der Waals surface area contributed by atoms with Crippen molar-refractivity contribution in [3.05, 3.63) is 76.9 Å². The maximum Gasteiger partial charge on any atom is 0.161 e. The molecule has 128 valence electrons. The smallest absolute Gasteiger partial charge is 0.161 e. The van der Waals surface area contributed by atoms with E-state index in [2.05, 4.69) is 34.6 Å². The van der Waals surface area contributed by atoms with Crippen molar-refractivity contribution < 1.29 is 4.79 Å². The van der Waals surface area contributed by atoms with Gasteiger partial charge in [-0.05, 0) is 55.2 Å². The molecule has 1 N–H and O–H groups in total. The van der Waals surface area contributed by atoms with E-state index in [4.69, 9.17) is 4.98 Å². The van der Waals surface area contributed by atoms with Crippen LogP contribution in [0.3, 0.4) is 0 Å². The lowest BCUT2D eigenvalue weighted by atomic mass is 9.75. The number of allylic oxidation sites excluding steroid dienone is 2. The number of aromatic nitrogens is 2. The van der Waals surface area contributed by atoms with Crippen molar-refractivity contribution in [2.45, 2.75) is 32.1 Å². The number of hydrogen-bond donors (Lipinski definition) is 1. The maximum absolute atomic E-state index is 12.9. The van der Waals surface area contributed by atoms with E-state index >= 15 is 0 Å². The van der Waals surface area contributed by atoms with Crippen LogP contribution in [-0.2, 0) is 4.79 Å². The average Bonchev–Trinajstić information content (AvgIpc) is 2.67. The molecule has 0 amide bonds. The van der Waals surface area contributed by atoms with Crippen LogP contribution in [0.4, 0.5) is 5.69 Å². The van der Waals surface area contributed by atoms with Crippen LogP contribution in [-0.4, -0.2) is 15.8 Å². The number of pyridine rings is 2. The van der Waals surface area contributed by atoms with E-state index < -0.39 is 0 Å². The van der Waals surface area contributed by atoms with Gasteiger partial charge in [-0.15, -0.1) is 0 Å². The molecular formula is C22H19N3O. The number of ketones is 1. The Morgan fingerprint density at radius 1 is 1.12 bits per heavy atom. The average molecular weight is 341 g/mol. The normalized spacial score (nSPS) is 19.1. The van der Waals surface area contributed by atoms with Gasteiger partial charge in [-0.1, -0.05) is 12.1 Å². The first-order chi connectivity index (χ1) is 12.7. The quantitative estimate of drug-likeness (QED) is 0.708. The van der Waals surface area contributed by atoms with Gasteiger partial charge in [-0.25, -0.2) is 0 Å². The highest BCUT2D eigenvalue weighted by Crippen LogP contribution is 2.47. The van der Waals surface area contributed by atoms with Crippen molar-refractivity contribution in [2.75, 3.05) is 5.32 Å². The van der Waals surface area contributed by atoms with E-state index in [-0.39, 0.29) is 11.7 Å². The lowest BCUT2D eigenvalue weighted by Crippen LogP contribution is -2.27. The molecule has 1 aromatic carbocycles. The van der Waals surface area contributed by atoms with Crippen molar-refractivity contribution in [2.24, 2.45) is 0 Å². The number of carbonyl (C=O) groups excluding carboxylic acids is 1. The molecule has 5 rings (SSSR count). The number of anilines is 1. The zero-order chi connectivity index (χ0) is 17.7. The third kappa shape index (κ3) is 2.25. The Bertz CT molecular complexity index is 1070. The molecule has 0 bridgehead atoms. The second kappa shape index (κ2) is 5.77. The summed E-state index contributed by atoms with van der Waals surface area (Å²) in [7, 11) is 0. The molecular weight excluding hydrogens is 322 g/mol. The van der Waals surface area contributed by atoms with Crippen LogP contribution in [0, 0.1) is 6.92 Å². The summed E-state index contributed by atoms with van der Waals surface area (Å²) in [5, 5.41) is 4.64. The summed E-state index contributed by atoms with van der Waals surface area (Å²) >= 11 is 0. The van der Waals surface area contributed by atoms with Gasteiger partial charge < -0.3 is 5.32 Å². The highest BCUT2D eigenvalue weighted by atomic mass is 16.1. The zero-order valence-corrected chi connectivity index (χ0v) is 14.6. The number of Topliss-reactive ketones (excluding diaryl/α,β-unsaturated/α-hetero) is 1. The minimum Gasteiger partial charge on any atom is -0.358 e. The Morgan fingerprint density at radius 2 is 2.04 bits per heavy atom. The Morgan fingerprint density at radius 3 is 2.88 bits per heavy atom. The van der Waals surface area contributed by atoms with Gasteiger partial charge in [0.2, 0.25) is 0 Å². The summed E-state index contributed by atoms with van der Waals surface area (Å²) in [4.78, 5) is 21.9. The molecule has 0 radical (unpaired) electrons. The number of rotatable bonds is 1. The Labute approximate surface area is 152 Å². The number of nitrogens with one attached hydrogen (secondary N) is 1. The molecule has 0 saturated heterocycles. The van der Waals surface area contributed by atoms with Crippen molar-refractivity contribution in [1.29, 1.82) is 0 Å². The van der Waals surface area contributed by atoms with Crippen molar-refractivity contribution in [3.63, 3.8) is 0 Å². The van der Waals surface area contributed by atoms with E-state index in [0.717, 1.165) is 57.5 Å². The van der Waals surface area contributed by atoms with E-state index in [1.54, 1.807) is 6.20 Å². The fraction of sp³-hybridized carbons (Fsp3) is 0.227. The SMILES string of the molecule is Cc1ccc2c3c(ccc2n1)NC1=C(C(=O)CCC1)[C@H]3c1cccnc1. The number of carbonyl (C=O) groups is 1. The Hall–Kier alpha value is -3.01. The third-order valence-corrected chi connectivity index (χ3v) is 5.39. The molecule has 1 aliphatic heterocycles. The fourth-order valence-corrected chi connectivity index (χ4v) is 4.26. The molecule has 2 aliphatic rings. The first kappa shape index (κ1) is 15.3. The molecule has 0 spiro atoms. The van der Waals surface area contributed by atoms with Crippen molar-refractivity contribution in [3.8, 4) is 0 Å².